The maximum absolute atomic E-state index is 12.7. The predicted molar refractivity (Wildman–Crippen MR) is 75.9 cm³/mol. The number of carbonyl (C=O) groups excluding carboxylic acids is 1. The van der Waals surface area contributed by atoms with Gasteiger partial charge in [0.05, 0.1) is 11.4 Å². The number of hydrogen-bond donors (Lipinski definition) is 1. The van der Waals surface area contributed by atoms with Gasteiger partial charge in [-0.1, -0.05) is 6.92 Å². The Balaban J connectivity index is 2.27. The van der Waals surface area contributed by atoms with Gasteiger partial charge in [-0.05, 0) is 39.0 Å². The van der Waals surface area contributed by atoms with E-state index in [4.69, 9.17) is 5.73 Å². The molecule has 1 aromatic heterocycles. The summed E-state index contributed by atoms with van der Waals surface area (Å²) in [6, 6.07) is 0.187. The van der Waals surface area contributed by atoms with Crippen LogP contribution in [-0.2, 0) is 13.5 Å². The first-order valence-corrected chi connectivity index (χ1v) is 7.08. The lowest BCUT2D eigenvalue weighted by molar-refractivity contribution is 0.0686. The molecule has 0 bridgehead atoms. The molecule has 106 valence electrons. The molecule has 0 saturated heterocycles. The molecule has 2 N–H and O–H groups in total. The van der Waals surface area contributed by atoms with Gasteiger partial charge >= 0.3 is 0 Å². The Kier molecular flexibility index (Phi) is 3.83. The van der Waals surface area contributed by atoms with E-state index in [2.05, 4.69) is 5.10 Å². The summed E-state index contributed by atoms with van der Waals surface area (Å²) in [7, 11) is 1.79. The highest BCUT2D eigenvalue weighted by Gasteiger charge is 2.31. The fraction of sp³-hybridized carbons (Fsp3) is 0.714. The molecule has 0 aliphatic heterocycles. The van der Waals surface area contributed by atoms with E-state index in [1.54, 1.807) is 11.7 Å². The highest BCUT2D eigenvalue weighted by Crippen LogP contribution is 2.31. The van der Waals surface area contributed by atoms with Gasteiger partial charge in [-0.2, -0.15) is 5.10 Å². The van der Waals surface area contributed by atoms with Crippen molar-refractivity contribution in [1.29, 1.82) is 0 Å². The van der Waals surface area contributed by atoms with Crippen molar-refractivity contribution in [3.63, 3.8) is 0 Å². The second-order valence-corrected chi connectivity index (χ2v) is 5.68. The zero-order valence-electron chi connectivity index (χ0n) is 12.3. The van der Waals surface area contributed by atoms with E-state index in [9.17, 15) is 4.79 Å². The summed E-state index contributed by atoms with van der Waals surface area (Å²) in [5.41, 5.74) is 7.95. The van der Waals surface area contributed by atoms with Gasteiger partial charge < -0.3 is 10.6 Å². The van der Waals surface area contributed by atoms with Crippen molar-refractivity contribution in [2.45, 2.75) is 46.1 Å². The van der Waals surface area contributed by atoms with Crippen LogP contribution in [0.4, 0.5) is 5.69 Å². The molecule has 0 radical (unpaired) electrons. The van der Waals surface area contributed by atoms with E-state index in [1.165, 1.54) is 12.8 Å². The third kappa shape index (κ3) is 2.74. The molecule has 5 nitrogen and oxygen atoms in total. The molecule has 0 spiro atoms. The number of rotatable bonds is 5. The molecule has 0 aromatic carbocycles. The summed E-state index contributed by atoms with van der Waals surface area (Å²) in [6.07, 6.45) is 3.21. The molecule has 2 rings (SSSR count). The van der Waals surface area contributed by atoms with Gasteiger partial charge in [-0.15, -0.1) is 0 Å². The van der Waals surface area contributed by atoms with Crippen molar-refractivity contribution in [2.75, 3.05) is 12.3 Å². The summed E-state index contributed by atoms with van der Waals surface area (Å²) in [6.45, 7) is 6.93. The average Bonchev–Trinajstić information content (AvgIpc) is 3.11. The van der Waals surface area contributed by atoms with E-state index in [0.29, 0.717) is 17.3 Å². The van der Waals surface area contributed by atoms with E-state index >= 15 is 0 Å². The molecule has 1 aliphatic rings. The van der Waals surface area contributed by atoms with Crippen LogP contribution in [0.15, 0.2) is 0 Å². The number of hydrogen-bond acceptors (Lipinski definition) is 3. The van der Waals surface area contributed by atoms with Gasteiger partial charge in [0.2, 0.25) is 0 Å². The molecule has 1 amide bonds. The largest absolute Gasteiger partial charge is 0.395 e. The van der Waals surface area contributed by atoms with Gasteiger partial charge in [0.25, 0.3) is 5.91 Å². The van der Waals surface area contributed by atoms with Gasteiger partial charge in [0, 0.05) is 19.6 Å². The van der Waals surface area contributed by atoms with Gasteiger partial charge in [0.15, 0.2) is 0 Å². The number of carbonyl (C=O) groups is 1. The van der Waals surface area contributed by atoms with Crippen molar-refractivity contribution in [3.8, 4) is 0 Å². The lowest BCUT2D eigenvalue weighted by Gasteiger charge is -2.27. The predicted octanol–water partition coefficient (Wildman–Crippen LogP) is 1.83. The molecule has 1 heterocycles. The van der Waals surface area contributed by atoms with Crippen molar-refractivity contribution in [1.82, 2.24) is 14.7 Å². The SMILES string of the molecule is CCc1nn(C)c(C(=O)N(CC2CC2)C(C)C)c1N. The minimum absolute atomic E-state index is 0.00843. The van der Waals surface area contributed by atoms with Crippen LogP contribution in [0.2, 0.25) is 0 Å². The number of aromatic nitrogens is 2. The Morgan fingerprint density at radius 3 is 2.58 bits per heavy atom. The molecule has 1 aliphatic carbocycles. The van der Waals surface area contributed by atoms with Crippen LogP contribution in [0, 0.1) is 5.92 Å². The topological polar surface area (TPSA) is 64.2 Å². The van der Waals surface area contributed by atoms with E-state index in [1.807, 2.05) is 25.7 Å². The van der Waals surface area contributed by atoms with Gasteiger partial charge in [-0.25, -0.2) is 0 Å². The van der Waals surface area contributed by atoms with Crippen LogP contribution in [0.25, 0.3) is 0 Å². The zero-order chi connectivity index (χ0) is 14.2. The average molecular weight is 264 g/mol. The third-order valence-electron chi connectivity index (χ3n) is 3.73. The lowest BCUT2D eigenvalue weighted by atomic mass is 10.2. The molecule has 0 atom stereocenters. The van der Waals surface area contributed by atoms with E-state index in [0.717, 1.165) is 18.7 Å². The third-order valence-corrected chi connectivity index (χ3v) is 3.73. The summed E-state index contributed by atoms with van der Waals surface area (Å²) in [5, 5.41) is 4.33. The second-order valence-electron chi connectivity index (χ2n) is 5.68. The van der Waals surface area contributed by atoms with Gasteiger partial charge in [0.1, 0.15) is 5.69 Å². The van der Waals surface area contributed by atoms with Crippen LogP contribution >= 0.6 is 0 Å². The fourth-order valence-corrected chi connectivity index (χ4v) is 2.35. The molecule has 19 heavy (non-hydrogen) atoms. The highest BCUT2D eigenvalue weighted by atomic mass is 16.2. The van der Waals surface area contributed by atoms with Crippen LogP contribution in [0.5, 0.6) is 0 Å². The molecule has 5 heteroatoms. The number of anilines is 1. The Morgan fingerprint density at radius 1 is 1.53 bits per heavy atom. The smallest absolute Gasteiger partial charge is 0.274 e. The Morgan fingerprint density at radius 2 is 2.16 bits per heavy atom. The molecular formula is C14H24N4O. The minimum Gasteiger partial charge on any atom is -0.395 e. The van der Waals surface area contributed by atoms with Crippen LogP contribution in [0.3, 0.4) is 0 Å². The first kappa shape index (κ1) is 13.9. The summed E-state index contributed by atoms with van der Waals surface area (Å²) < 4.78 is 1.62. The van der Waals surface area contributed by atoms with Crippen molar-refractivity contribution in [3.05, 3.63) is 11.4 Å². The Bertz CT molecular complexity index is 474. The number of nitrogen functional groups attached to an aromatic ring is 1. The van der Waals surface area contributed by atoms with Gasteiger partial charge in [-0.3, -0.25) is 9.48 Å². The van der Waals surface area contributed by atoms with Crippen molar-refractivity contribution >= 4 is 11.6 Å². The van der Waals surface area contributed by atoms with Crippen LogP contribution < -0.4 is 5.73 Å². The minimum atomic E-state index is 0.00843. The lowest BCUT2D eigenvalue weighted by Crippen LogP contribution is -2.39. The maximum atomic E-state index is 12.7. The fourth-order valence-electron chi connectivity index (χ4n) is 2.35. The number of nitrogens with two attached hydrogens (primary N) is 1. The zero-order valence-corrected chi connectivity index (χ0v) is 12.3. The molecule has 1 saturated carbocycles. The van der Waals surface area contributed by atoms with Crippen molar-refractivity contribution < 1.29 is 4.79 Å². The Hall–Kier alpha value is -1.52. The normalized spacial score (nSPS) is 15.0. The molecular weight excluding hydrogens is 240 g/mol. The molecule has 1 fully saturated rings. The summed E-state index contributed by atoms with van der Waals surface area (Å²) in [5.74, 6) is 0.681. The molecule has 0 unspecified atom stereocenters. The summed E-state index contributed by atoms with van der Waals surface area (Å²) in [4.78, 5) is 14.6. The number of nitrogens with zero attached hydrogens (tertiary/aromatic N) is 3. The standard InChI is InChI=1S/C14H24N4O/c1-5-11-12(15)13(17(4)16-11)14(19)18(9(2)3)8-10-6-7-10/h9-10H,5-8,15H2,1-4H3. The monoisotopic (exact) mass is 264 g/mol. The molecule has 1 aromatic rings. The van der Waals surface area contributed by atoms with E-state index < -0.39 is 0 Å². The Labute approximate surface area is 114 Å². The quantitative estimate of drug-likeness (QED) is 0.882. The number of amides is 1. The second kappa shape index (κ2) is 5.23. The van der Waals surface area contributed by atoms with Crippen LogP contribution in [0.1, 0.15) is 49.8 Å². The van der Waals surface area contributed by atoms with E-state index in [-0.39, 0.29) is 11.9 Å². The van der Waals surface area contributed by atoms with Crippen molar-refractivity contribution in [2.24, 2.45) is 13.0 Å². The number of aryl methyl sites for hydroxylation is 2. The van der Waals surface area contributed by atoms with Crippen LogP contribution in [-0.4, -0.2) is 33.2 Å². The summed E-state index contributed by atoms with van der Waals surface area (Å²) >= 11 is 0. The first-order chi connectivity index (χ1) is 8.95. The first-order valence-electron chi connectivity index (χ1n) is 7.08. The highest BCUT2D eigenvalue weighted by molar-refractivity contribution is 5.98. The maximum Gasteiger partial charge on any atom is 0.274 e.